The Morgan fingerprint density at radius 2 is 2.00 bits per heavy atom. The first-order valence-electron chi connectivity index (χ1n) is 5.35. The molecule has 1 heterocycles. The van der Waals surface area contributed by atoms with E-state index in [4.69, 9.17) is 0 Å². The predicted octanol–water partition coefficient (Wildman–Crippen LogP) is 3.71. The van der Waals surface area contributed by atoms with Crippen LogP contribution in [-0.2, 0) is 6.42 Å². The van der Waals surface area contributed by atoms with Gasteiger partial charge in [0.05, 0.1) is 0 Å². The summed E-state index contributed by atoms with van der Waals surface area (Å²) in [5.41, 5.74) is 0.695. The first-order valence-corrected chi connectivity index (χ1v) is 6.23. The van der Waals surface area contributed by atoms with Gasteiger partial charge in [-0.2, -0.15) is 0 Å². The molecule has 0 saturated carbocycles. The zero-order chi connectivity index (χ0) is 12.3. The quantitative estimate of drug-likeness (QED) is 0.803. The van der Waals surface area contributed by atoms with Gasteiger partial charge in [0.2, 0.25) is 0 Å². The van der Waals surface area contributed by atoms with E-state index in [1.54, 1.807) is 17.4 Å². The van der Waals surface area contributed by atoms with Crippen molar-refractivity contribution >= 4 is 17.0 Å². The lowest BCUT2D eigenvalue weighted by Gasteiger charge is -2.18. The number of nitrogens with zero attached hydrogens (tertiary/aromatic N) is 1. The Morgan fingerprint density at radius 1 is 1.18 bits per heavy atom. The molecule has 17 heavy (non-hydrogen) atoms. The largest absolute Gasteiger partial charge is 0.374 e. The van der Waals surface area contributed by atoms with Gasteiger partial charge in [-0.1, -0.05) is 6.07 Å². The summed E-state index contributed by atoms with van der Waals surface area (Å²) in [4.78, 5) is 3.21. The van der Waals surface area contributed by atoms with E-state index in [-0.39, 0.29) is 0 Å². The number of benzene rings is 1. The van der Waals surface area contributed by atoms with Gasteiger partial charge in [0.1, 0.15) is 0 Å². The van der Waals surface area contributed by atoms with Crippen molar-refractivity contribution in [2.75, 3.05) is 18.5 Å². The van der Waals surface area contributed by atoms with Crippen LogP contribution in [0.4, 0.5) is 14.5 Å². The van der Waals surface area contributed by atoms with E-state index >= 15 is 0 Å². The van der Waals surface area contributed by atoms with Gasteiger partial charge in [-0.05, 0) is 30.0 Å². The molecule has 0 bridgehead atoms. The first-order chi connectivity index (χ1) is 8.16. The molecule has 1 aromatic heterocycles. The van der Waals surface area contributed by atoms with Crippen LogP contribution in [0.15, 0.2) is 35.7 Å². The second-order valence-corrected chi connectivity index (χ2v) is 4.88. The normalized spacial score (nSPS) is 10.5. The number of thiophene rings is 1. The lowest BCUT2D eigenvalue weighted by Crippen LogP contribution is -2.20. The summed E-state index contributed by atoms with van der Waals surface area (Å²) in [5.74, 6) is -1.61. The maximum Gasteiger partial charge on any atom is 0.160 e. The van der Waals surface area contributed by atoms with Crippen molar-refractivity contribution in [3.8, 4) is 0 Å². The summed E-state index contributed by atoms with van der Waals surface area (Å²) < 4.78 is 25.8. The topological polar surface area (TPSA) is 3.24 Å². The Kier molecular flexibility index (Phi) is 3.74. The minimum absolute atomic E-state index is 0.695. The van der Waals surface area contributed by atoms with E-state index in [0.29, 0.717) is 5.69 Å². The Bertz CT molecular complexity index is 482. The molecule has 0 amide bonds. The average molecular weight is 253 g/mol. The molecule has 0 atom stereocenters. The van der Waals surface area contributed by atoms with Crippen molar-refractivity contribution in [3.05, 3.63) is 52.2 Å². The highest BCUT2D eigenvalue weighted by Crippen LogP contribution is 2.17. The van der Waals surface area contributed by atoms with Crippen LogP contribution < -0.4 is 4.90 Å². The number of likely N-dealkylation sites (N-methyl/N-ethyl adjacent to an activating group) is 1. The van der Waals surface area contributed by atoms with E-state index in [1.807, 2.05) is 23.4 Å². The van der Waals surface area contributed by atoms with E-state index in [9.17, 15) is 8.78 Å². The first kappa shape index (κ1) is 12.0. The van der Waals surface area contributed by atoms with Crippen LogP contribution >= 0.6 is 11.3 Å². The van der Waals surface area contributed by atoms with Gasteiger partial charge in [0.25, 0.3) is 0 Å². The summed E-state index contributed by atoms with van der Waals surface area (Å²) in [5, 5.41) is 2.03. The predicted molar refractivity (Wildman–Crippen MR) is 67.7 cm³/mol. The molecule has 0 saturated heterocycles. The number of halogens is 2. The summed E-state index contributed by atoms with van der Waals surface area (Å²) >= 11 is 1.70. The molecule has 0 spiro atoms. The van der Waals surface area contributed by atoms with Gasteiger partial charge in [0.15, 0.2) is 11.6 Å². The van der Waals surface area contributed by atoms with Crippen LogP contribution in [0.1, 0.15) is 4.88 Å². The fraction of sp³-hybridized carbons (Fsp3) is 0.231. The molecule has 0 fully saturated rings. The third-order valence-electron chi connectivity index (χ3n) is 2.62. The van der Waals surface area contributed by atoms with Crippen molar-refractivity contribution in [2.24, 2.45) is 0 Å². The molecule has 0 aliphatic rings. The summed E-state index contributed by atoms with van der Waals surface area (Å²) in [7, 11) is 1.88. The SMILES string of the molecule is CN(CCc1cccs1)c1ccc(F)c(F)c1. The molecule has 0 unspecified atom stereocenters. The maximum absolute atomic E-state index is 13.1. The van der Waals surface area contributed by atoms with Crippen molar-refractivity contribution in [3.63, 3.8) is 0 Å². The van der Waals surface area contributed by atoms with Gasteiger partial charge >= 0.3 is 0 Å². The molecule has 1 aromatic carbocycles. The maximum atomic E-state index is 13.1. The second kappa shape index (κ2) is 5.27. The summed E-state index contributed by atoms with van der Waals surface area (Å²) in [6, 6.07) is 8.06. The van der Waals surface area contributed by atoms with Gasteiger partial charge in [0, 0.05) is 30.2 Å². The van der Waals surface area contributed by atoms with Gasteiger partial charge < -0.3 is 4.90 Å². The van der Waals surface area contributed by atoms with Crippen LogP contribution in [0, 0.1) is 11.6 Å². The van der Waals surface area contributed by atoms with Crippen molar-refractivity contribution < 1.29 is 8.78 Å². The van der Waals surface area contributed by atoms with Gasteiger partial charge in [-0.3, -0.25) is 0 Å². The number of hydrogen-bond acceptors (Lipinski definition) is 2. The van der Waals surface area contributed by atoms with Crippen LogP contribution in [0.2, 0.25) is 0 Å². The van der Waals surface area contributed by atoms with Gasteiger partial charge in [-0.25, -0.2) is 8.78 Å². The fourth-order valence-electron chi connectivity index (χ4n) is 1.58. The summed E-state index contributed by atoms with van der Waals surface area (Å²) in [6.07, 6.45) is 0.910. The molecule has 4 heteroatoms. The Labute approximate surface area is 103 Å². The molecule has 0 N–H and O–H groups in total. The number of anilines is 1. The highest BCUT2D eigenvalue weighted by atomic mass is 32.1. The minimum atomic E-state index is -0.805. The molecule has 2 rings (SSSR count). The third kappa shape index (κ3) is 3.03. The average Bonchev–Trinajstić information content (AvgIpc) is 2.82. The van der Waals surface area contributed by atoms with Crippen molar-refractivity contribution in [2.45, 2.75) is 6.42 Å². The lowest BCUT2D eigenvalue weighted by atomic mass is 10.2. The molecule has 90 valence electrons. The fourth-order valence-corrected chi connectivity index (χ4v) is 2.28. The summed E-state index contributed by atoms with van der Waals surface area (Å²) in [6.45, 7) is 0.783. The zero-order valence-electron chi connectivity index (χ0n) is 9.49. The van der Waals surface area contributed by atoms with Crippen molar-refractivity contribution in [1.82, 2.24) is 0 Å². The third-order valence-corrected chi connectivity index (χ3v) is 3.55. The zero-order valence-corrected chi connectivity index (χ0v) is 10.3. The molecular weight excluding hydrogens is 240 g/mol. The van der Waals surface area contributed by atoms with E-state index < -0.39 is 11.6 Å². The smallest absolute Gasteiger partial charge is 0.160 e. The van der Waals surface area contributed by atoms with Crippen LogP contribution in [0.5, 0.6) is 0 Å². The van der Waals surface area contributed by atoms with E-state index in [2.05, 4.69) is 6.07 Å². The molecule has 2 aromatic rings. The van der Waals surface area contributed by atoms with Crippen LogP contribution in [0.25, 0.3) is 0 Å². The molecular formula is C13H13F2NS. The Morgan fingerprint density at radius 3 is 2.65 bits per heavy atom. The number of rotatable bonds is 4. The second-order valence-electron chi connectivity index (χ2n) is 3.85. The molecule has 0 aliphatic carbocycles. The van der Waals surface area contributed by atoms with Crippen LogP contribution in [0.3, 0.4) is 0 Å². The van der Waals surface area contributed by atoms with Gasteiger partial charge in [-0.15, -0.1) is 11.3 Å². The van der Waals surface area contributed by atoms with E-state index in [1.165, 1.54) is 10.9 Å². The molecule has 0 radical (unpaired) electrons. The highest BCUT2D eigenvalue weighted by molar-refractivity contribution is 7.09. The minimum Gasteiger partial charge on any atom is -0.374 e. The standard InChI is InChI=1S/C13H13F2NS/c1-16(7-6-11-3-2-8-17-11)10-4-5-12(14)13(15)9-10/h2-5,8-9H,6-7H2,1H3. The van der Waals surface area contributed by atoms with Crippen molar-refractivity contribution in [1.29, 1.82) is 0 Å². The Hall–Kier alpha value is -1.42. The Balaban J connectivity index is 1.99. The monoisotopic (exact) mass is 253 g/mol. The molecule has 0 aliphatic heterocycles. The van der Waals surface area contributed by atoms with E-state index in [0.717, 1.165) is 19.0 Å². The highest BCUT2D eigenvalue weighted by Gasteiger charge is 2.06. The number of hydrogen-bond donors (Lipinski definition) is 0. The molecule has 1 nitrogen and oxygen atoms in total. The lowest BCUT2D eigenvalue weighted by molar-refractivity contribution is 0.508. The van der Waals surface area contributed by atoms with Crippen LogP contribution in [-0.4, -0.2) is 13.6 Å².